The van der Waals surface area contributed by atoms with Gasteiger partial charge in [0.25, 0.3) is 0 Å². The van der Waals surface area contributed by atoms with E-state index in [1.54, 1.807) is 0 Å². The van der Waals surface area contributed by atoms with Crippen LogP contribution >= 0.6 is 24.8 Å². The van der Waals surface area contributed by atoms with Gasteiger partial charge < -0.3 is 5.32 Å². The van der Waals surface area contributed by atoms with Crippen LogP contribution in [0.3, 0.4) is 0 Å². The van der Waals surface area contributed by atoms with Crippen LogP contribution in [0.2, 0.25) is 0 Å². The summed E-state index contributed by atoms with van der Waals surface area (Å²) in [6.07, 6.45) is 1.09. The fraction of sp³-hybridized carbons (Fsp3) is 0.368. The Balaban J connectivity index is 0.000000960. The molecule has 2 aromatic rings. The van der Waals surface area contributed by atoms with E-state index in [2.05, 4.69) is 59.6 Å². The molecule has 2 aliphatic rings. The van der Waals surface area contributed by atoms with Gasteiger partial charge in [0.05, 0.1) is 0 Å². The minimum absolute atomic E-state index is 0. The molecule has 2 aromatic carbocycles. The Labute approximate surface area is 151 Å². The minimum atomic E-state index is 0. The van der Waals surface area contributed by atoms with Crippen LogP contribution in [0.25, 0.3) is 11.1 Å². The molecule has 0 unspecified atom stereocenters. The third-order valence-corrected chi connectivity index (χ3v) is 5.00. The molecule has 4 rings (SSSR count). The van der Waals surface area contributed by atoms with Crippen LogP contribution in [-0.2, 0) is 6.42 Å². The van der Waals surface area contributed by atoms with Gasteiger partial charge in [-0.15, -0.1) is 24.8 Å². The third kappa shape index (κ3) is 3.41. The van der Waals surface area contributed by atoms with Gasteiger partial charge in [0.2, 0.25) is 0 Å². The molecule has 1 aliphatic carbocycles. The van der Waals surface area contributed by atoms with Crippen LogP contribution in [0.1, 0.15) is 29.7 Å². The molecule has 0 radical (unpaired) electrons. The second-order valence-electron chi connectivity index (χ2n) is 6.21. The first-order valence-corrected chi connectivity index (χ1v) is 7.99. The quantitative estimate of drug-likeness (QED) is 0.749. The van der Waals surface area contributed by atoms with E-state index in [9.17, 15) is 0 Å². The first kappa shape index (κ1) is 18.3. The van der Waals surface area contributed by atoms with E-state index < -0.39 is 0 Å². The van der Waals surface area contributed by atoms with Gasteiger partial charge in [-0.1, -0.05) is 42.5 Å². The summed E-state index contributed by atoms with van der Waals surface area (Å²) in [4.78, 5) is 2.58. The average Bonchev–Trinajstić information content (AvgIpc) is 2.92. The van der Waals surface area contributed by atoms with Gasteiger partial charge in [0, 0.05) is 32.2 Å². The maximum absolute atomic E-state index is 3.43. The summed E-state index contributed by atoms with van der Waals surface area (Å²) >= 11 is 0. The minimum Gasteiger partial charge on any atom is -0.314 e. The molecule has 1 aliphatic heterocycles. The van der Waals surface area contributed by atoms with E-state index in [1.807, 2.05) is 0 Å². The maximum atomic E-state index is 3.43. The normalized spacial score (nSPS) is 17.4. The zero-order valence-corrected chi connectivity index (χ0v) is 15.1. The highest BCUT2D eigenvalue weighted by atomic mass is 35.5. The highest BCUT2D eigenvalue weighted by Crippen LogP contribution is 2.38. The molecule has 0 aromatic heterocycles. The van der Waals surface area contributed by atoms with E-state index in [4.69, 9.17) is 0 Å². The number of hydrogen-bond donors (Lipinski definition) is 1. The summed E-state index contributed by atoms with van der Waals surface area (Å²) in [5.74, 6) is 0. The molecule has 0 saturated carbocycles. The molecule has 1 saturated heterocycles. The first-order valence-electron chi connectivity index (χ1n) is 7.99. The lowest BCUT2D eigenvalue weighted by Crippen LogP contribution is -2.44. The predicted molar refractivity (Wildman–Crippen MR) is 102 cm³/mol. The zero-order valence-electron chi connectivity index (χ0n) is 13.4. The Morgan fingerprint density at radius 2 is 1.61 bits per heavy atom. The Kier molecular flexibility index (Phi) is 6.10. The van der Waals surface area contributed by atoms with Crippen LogP contribution in [-0.4, -0.2) is 31.1 Å². The number of nitrogens with one attached hydrogen (secondary N) is 1. The first-order chi connectivity index (χ1) is 10.3. The van der Waals surface area contributed by atoms with Crippen LogP contribution < -0.4 is 5.32 Å². The fourth-order valence-corrected chi connectivity index (χ4v) is 3.71. The van der Waals surface area contributed by atoms with E-state index in [0.29, 0.717) is 6.04 Å². The molecule has 0 bridgehead atoms. The molecule has 124 valence electrons. The summed E-state index contributed by atoms with van der Waals surface area (Å²) in [5.41, 5.74) is 7.29. The summed E-state index contributed by atoms with van der Waals surface area (Å²) in [6, 6.07) is 16.4. The molecule has 23 heavy (non-hydrogen) atoms. The standard InChI is InChI=1S/C19H22N2.2ClH/c1-14(21-10-8-20-9-11-21)15-6-7-19-17(12-15)13-16-4-2-3-5-18(16)19;;/h2-7,12,14,20H,8-11,13H2,1H3;2*1H/t14-;;/m1../s1. The highest BCUT2D eigenvalue weighted by molar-refractivity contribution is 5.85. The zero-order chi connectivity index (χ0) is 14.2. The Hall–Kier alpha value is -1.06. The number of fused-ring (bicyclic) bond motifs is 3. The van der Waals surface area contributed by atoms with E-state index in [0.717, 1.165) is 32.6 Å². The van der Waals surface area contributed by atoms with Crippen molar-refractivity contribution in [1.82, 2.24) is 10.2 Å². The van der Waals surface area contributed by atoms with Gasteiger partial charge in [-0.05, 0) is 41.2 Å². The SMILES string of the molecule is C[C@H](c1ccc2c(c1)Cc1ccccc1-2)N1CCNCC1.Cl.Cl. The molecule has 1 heterocycles. The summed E-state index contributed by atoms with van der Waals surface area (Å²) in [5, 5.41) is 3.43. The molecule has 0 spiro atoms. The summed E-state index contributed by atoms with van der Waals surface area (Å²) < 4.78 is 0. The predicted octanol–water partition coefficient (Wildman–Crippen LogP) is 4.07. The van der Waals surface area contributed by atoms with E-state index in [-0.39, 0.29) is 24.8 Å². The van der Waals surface area contributed by atoms with E-state index >= 15 is 0 Å². The fourth-order valence-electron chi connectivity index (χ4n) is 3.71. The van der Waals surface area contributed by atoms with Crippen LogP contribution in [0.4, 0.5) is 0 Å². The molecular formula is C19H24Cl2N2. The largest absolute Gasteiger partial charge is 0.314 e. The van der Waals surface area contributed by atoms with Gasteiger partial charge in [0.15, 0.2) is 0 Å². The molecule has 4 heteroatoms. The Bertz CT molecular complexity index is 666. The molecule has 1 fully saturated rings. The van der Waals surface area contributed by atoms with Gasteiger partial charge in [-0.3, -0.25) is 4.90 Å². The van der Waals surface area contributed by atoms with Crippen molar-refractivity contribution < 1.29 is 0 Å². The monoisotopic (exact) mass is 350 g/mol. The van der Waals surface area contributed by atoms with Gasteiger partial charge in [-0.25, -0.2) is 0 Å². The van der Waals surface area contributed by atoms with Gasteiger partial charge >= 0.3 is 0 Å². The van der Waals surface area contributed by atoms with Crippen molar-refractivity contribution in [2.24, 2.45) is 0 Å². The van der Waals surface area contributed by atoms with Crippen molar-refractivity contribution in [3.8, 4) is 11.1 Å². The molecule has 1 atom stereocenters. The molecular weight excluding hydrogens is 327 g/mol. The molecule has 1 N–H and O–H groups in total. The smallest absolute Gasteiger partial charge is 0.0321 e. The van der Waals surface area contributed by atoms with Crippen molar-refractivity contribution in [2.75, 3.05) is 26.2 Å². The Morgan fingerprint density at radius 1 is 0.913 bits per heavy atom. The van der Waals surface area contributed by atoms with E-state index in [1.165, 1.54) is 27.8 Å². The number of hydrogen-bond acceptors (Lipinski definition) is 2. The second-order valence-corrected chi connectivity index (χ2v) is 6.21. The van der Waals surface area contributed by atoms with Gasteiger partial charge in [-0.2, -0.15) is 0 Å². The van der Waals surface area contributed by atoms with Crippen LogP contribution in [0.15, 0.2) is 42.5 Å². The summed E-state index contributed by atoms with van der Waals surface area (Å²) in [6.45, 7) is 6.87. The lowest BCUT2D eigenvalue weighted by molar-refractivity contribution is 0.185. The van der Waals surface area contributed by atoms with Crippen LogP contribution in [0, 0.1) is 0 Å². The maximum Gasteiger partial charge on any atom is 0.0321 e. The third-order valence-electron chi connectivity index (χ3n) is 5.00. The number of halogens is 2. The Morgan fingerprint density at radius 3 is 2.39 bits per heavy atom. The molecule has 0 amide bonds. The van der Waals surface area contributed by atoms with Crippen molar-refractivity contribution in [2.45, 2.75) is 19.4 Å². The topological polar surface area (TPSA) is 15.3 Å². The van der Waals surface area contributed by atoms with Crippen molar-refractivity contribution >= 4 is 24.8 Å². The number of rotatable bonds is 2. The van der Waals surface area contributed by atoms with Gasteiger partial charge in [0.1, 0.15) is 0 Å². The highest BCUT2D eigenvalue weighted by Gasteiger charge is 2.22. The second kappa shape index (κ2) is 7.67. The lowest BCUT2D eigenvalue weighted by Gasteiger charge is -2.33. The lowest BCUT2D eigenvalue weighted by atomic mass is 9.99. The van der Waals surface area contributed by atoms with Crippen molar-refractivity contribution in [3.05, 3.63) is 59.2 Å². The summed E-state index contributed by atoms with van der Waals surface area (Å²) in [7, 11) is 0. The van der Waals surface area contributed by atoms with Crippen molar-refractivity contribution in [3.63, 3.8) is 0 Å². The number of benzene rings is 2. The van der Waals surface area contributed by atoms with Crippen molar-refractivity contribution in [1.29, 1.82) is 0 Å². The average molecular weight is 351 g/mol. The molecule has 2 nitrogen and oxygen atoms in total. The number of piperazine rings is 1. The number of nitrogens with zero attached hydrogens (tertiary/aromatic N) is 1. The van der Waals surface area contributed by atoms with Crippen LogP contribution in [0.5, 0.6) is 0 Å².